The number of benzene rings is 2. The van der Waals surface area contributed by atoms with Crippen LogP contribution in [0, 0.1) is 6.92 Å². The summed E-state index contributed by atoms with van der Waals surface area (Å²) < 4.78 is 14.0. The lowest BCUT2D eigenvalue weighted by Gasteiger charge is -2.12. The highest BCUT2D eigenvalue weighted by atomic mass is 127. The lowest BCUT2D eigenvalue weighted by molar-refractivity contribution is 0.0875. The SMILES string of the molecule is Cc1cc(Br)ccc1NC(=O)c1c(OCCOCc2ccccc2)cnn1PI. The first-order chi connectivity index (χ1) is 14.1. The Morgan fingerprint density at radius 2 is 2.03 bits per heavy atom. The zero-order chi connectivity index (χ0) is 20.6. The molecule has 0 saturated carbocycles. The smallest absolute Gasteiger partial charge is 0.278 e. The van der Waals surface area contributed by atoms with Gasteiger partial charge in [-0.15, -0.1) is 0 Å². The first-order valence-electron chi connectivity index (χ1n) is 8.85. The highest BCUT2D eigenvalue weighted by Gasteiger charge is 2.20. The van der Waals surface area contributed by atoms with Gasteiger partial charge in [0, 0.05) is 10.2 Å². The van der Waals surface area contributed by atoms with Crippen LogP contribution in [0.5, 0.6) is 5.75 Å². The number of carbonyl (C=O) groups is 1. The predicted molar refractivity (Wildman–Crippen MR) is 128 cm³/mol. The van der Waals surface area contributed by atoms with E-state index in [4.69, 9.17) is 9.47 Å². The Morgan fingerprint density at radius 3 is 2.76 bits per heavy atom. The van der Waals surface area contributed by atoms with E-state index in [1.807, 2.05) is 55.5 Å². The van der Waals surface area contributed by atoms with Gasteiger partial charge in [0.25, 0.3) is 5.91 Å². The van der Waals surface area contributed by atoms with Crippen molar-refractivity contribution in [2.24, 2.45) is 0 Å². The molecule has 0 spiro atoms. The van der Waals surface area contributed by atoms with Crippen LogP contribution in [0.25, 0.3) is 0 Å². The zero-order valence-corrected chi connectivity index (χ0v) is 20.4. The molecule has 0 aliphatic rings. The van der Waals surface area contributed by atoms with E-state index >= 15 is 0 Å². The molecular weight excluding hydrogens is 568 g/mol. The number of aryl methyl sites for hydroxylation is 1. The van der Waals surface area contributed by atoms with Crippen LogP contribution in [0.4, 0.5) is 5.69 Å². The number of hydrogen-bond acceptors (Lipinski definition) is 4. The molecule has 9 heteroatoms. The van der Waals surface area contributed by atoms with Gasteiger partial charge >= 0.3 is 0 Å². The van der Waals surface area contributed by atoms with E-state index in [9.17, 15) is 4.79 Å². The van der Waals surface area contributed by atoms with Crippen LogP contribution < -0.4 is 10.1 Å². The maximum atomic E-state index is 12.9. The third-order valence-corrected chi connectivity index (χ3v) is 6.43. The molecule has 1 aromatic heterocycles. The number of halogens is 2. The van der Waals surface area contributed by atoms with Gasteiger partial charge in [-0.05, 0) is 58.3 Å². The average molecular weight is 588 g/mol. The third kappa shape index (κ3) is 6.25. The van der Waals surface area contributed by atoms with Crippen LogP contribution >= 0.6 is 44.3 Å². The van der Waals surface area contributed by atoms with Crippen molar-refractivity contribution < 1.29 is 14.3 Å². The molecule has 0 aliphatic heterocycles. The van der Waals surface area contributed by atoms with E-state index in [0.29, 0.717) is 31.3 Å². The Kier molecular flexibility index (Phi) is 8.47. The van der Waals surface area contributed by atoms with Crippen molar-refractivity contribution in [3.05, 3.63) is 76.0 Å². The lowest BCUT2D eigenvalue weighted by Crippen LogP contribution is -2.17. The molecule has 152 valence electrons. The zero-order valence-electron chi connectivity index (χ0n) is 15.7. The second-order valence-corrected chi connectivity index (χ2v) is 9.11. The molecule has 0 fully saturated rings. The molecule has 29 heavy (non-hydrogen) atoms. The number of carbonyl (C=O) groups excluding carboxylic acids is 1. The molecule has 1 heterocycles. The lowest BCUT2D eigenvalue weighted by atomic mass is 10.2. The molecule has 6 nitrogen and oxygen atoms in total. The fraction of sp³-hybridized carbons (Fsp3) is 0.200. The van der Waals surface area contributed by atoms with E-state index in [0.717, 1.165) is 21.3 Å². The molecule has 2 aromatic carbocycles. The van der Waals surface area contributed by atoms with Gasteiger partial charge in [0.1, 0.15) is 6.61 Å². The molecule has 1 atom stereocenters. The second kappa shape index (κ2) is 11.1. The summed E-state index contributed by atoms with van der Waals surface area (Å²) in [6, 6.07) is 15.7. The van der Waals surface area contributed by atoms with Crippen molar-refractivity contribution in [2.75, 3.05) is 18.5 Å². The summed E-state index contributed by atoms with van der Waals surface area (Å²) in [5, 5.41) is 7.22. The maximum Gasteiger partial charge on any atom is 0.278 e. The fourth-order valence-electron chi connectivity index (χ4n) is 2.63. The van der Waals surface area contributed by atoms with Crippen molar-refractivity contribution in [2.45, 2.75) is 13.5 Å². The van der Waals surface area contributed by atoms with Crippen LogP contribution in [0.3, 0.4) is 0 Å². The van der Waals surface area contributed by atoms with Crippen molar-refractivity contribution >= 4 is 55.9 Å². The number of rotatable bonds is 9. The van der Waals surface area contributed by atoms with Gasteiger partial charge < -0.3 is 14.8 Å². The highest BCUT2D eigenvalue weighted by Crippen LogP contribution is 2.31. The van der Waals surface area contributed by atoms with Gasteiger partial charge in [-0.3, -0.25) is 4.79 Å². The first kappa shape index (κ1) is 22.2. The molecule has 0 radical (unpaired) electrons. The molecule has 3 rings (SSSR count). The van der Waals surface area contributed by atoms with Crippen LogP contribution in [0.15, 0.2) is 59.2 Å². The number of nitrogens with zero attached hydrogens (tertiary/aromatic N) is 2. The molecule has 0 aliphatic carbocycles. The quantitative estimate of drug-likeness (QED) is 0.201. The minimum absolute atomic E-state index is 0.253. The van der Waals surface area contributed by atoms with Gasteiger partial charge in [0.05, 0.1) is 25.8 Å². The number of ether oxygens (including phenoxy) is 2. The number of nitrogens with one attached hydrogen (secondary N) is 1. The molecule has 0 saturated heterocycles. The standard InChI is InChI=1S/C20H20BrIN3O3P/c1-14-11-16(21)7-8-17(14)24-20(26)19-18(12-23-25(19)29-22)28-10-9-27-13-15-5-3-2-4-6-15/h2-8,11-12,29H,9-10,13H2,1H3,(H,24,26). The maximum absolute atomic E-state index is 12.9. The summed E-state index contributed by atoms with van der Waals surface area (Å²) in [6.07, 6.45) is 1.86. The van der Waals surface area contributed by atoms with E-state index < -0.39 is 0 Å². The normalized spacial score (nSPS) is 11.1. The summed E-state index contributed by atoms with van der Waals surface area (Å²) >= 11 is 5.62. The van der Waals surface area contributed by atoms with Gasteiger partial charge in [0.2, 0.25) is 0 Å². The van der Waals surface area contributed by atoms with Crippen molar-refractivity contribution in [1.29, 1.82) is 0 Å². The van der Waals surface area contributed by atoms with E-state index in [1.54, 1.807) is 10.6 Å². The first-order valence-corrected chi connectivity index (χ1v) is 13.7. The van der Waals surface area contributed by atoms with Gasteiger partial charge in [-0.1, -0.05) is 46.3 Å². The summed E-state index contributed by atoms with van der Waals surface area (Å²) in [5.74, 6) is 0.196. The van der Waals surface area contributed by atoms with Gasteiger partial charge in [-0.25, -0.2) is 4.45 Å². The van der Waals surface area contributed by atoms with E-state index in [1.165, 1.54) is 0 Å². The van der Waals surface area contributed by atoms with Gasteiger partial charge in [0.15, 0.2) is 11.4 Å². The molecule has 0 bridgehead atoms. The Labute approximate surface area is 192 Å². The van der Waals surface area contributed by atoms with Crippen molar-refractivity contribution in [1.82, 2.24) is 9.55 Å². The Balaban J connectivity index is 1.60. The number of hydrogen-bond donors (Lipinski definition) is 1. The number of aromatic nitrogens is 2. The van der Waals surface area contributed by atoms with Crippen LogP contribution in [0.1, 0.15) is 21.6 Å². The topological polar surface area (TPSA) is 65.4 Å². The van der Waals surface area contributed by atoms with Crippen LogP contribution in [-0.2, 0) is 11.3 Å². The highest BCUT2D eigenvalue weighted by molar-refractivity contribution is 14.2. The van der Waals surface area contributed by atoms with Crippen molar-refractivity contribution in [3.63, 3.8) is 0 Å². The van der Waals surface area contributed by atoms with Crippen LogP contribution in [-0.4, -0.2) is 28.7 Å². The summed E-state index contributed by atoms with van der Waals surface area (Å²) in [7, 11) is 0. The largest absolute Gasteiger partial charge is 0.487 e. The van der Waals surface area contributed by atoms with Gasteiger partial charge in [-0.2, -0.15) is 5.10 Å². The molecule has 1 amide bonds. The number of amides is 1. The Bertz CT molecular complexity index is 969. The summed E-state index contributed by atoms with van der Waals surface area (Å²) in [6.45, 7) is 3.22. The summed E-state index contributed by atoms with van der Waals surface area (Å²) in [4.78, 5) is 12.9. The molecule has 3 aromatic rings. The fourth-order valence-corrected chi connectivity index (χ4v) is 4.61. The third-order valence-electron chi connectivity index (χ3n) is 4.06. The van der Waals surface area contributed by atoms with Crippen molar-refractivity contribution in [3.8, 4) is 5.75 Å². The number of anilines is 1. The molecule has 1 N–H and O–H groups in total. The summed E-state index contributed by atoms with van der Waals surface area (Å²) in [5.41, 5.74) is 3.23. The molecular formula is C20H20BrIN3O3P. The average Bonchev–Trinajstić information content (AvgIpc) is 3.13. The second-order valence-electron chi connectivity index (χ2n) is 6.15. The Morgan fingerprint density at radius 1 is 1.24 bits per heavy atom. The van der Waals surface area contributed by atoms with E-state index in [2.05, 4.69) is 48.4 Å². The minimum Gasteiger partial charge on any atom is -0.487 e. The predicted octanol–water partition coefficient (Wildman–Crippen LogP) is 5.59. The van der Waals surface area contributed by atoms with E-state index in [-0.39, 0.29) is 12.3 Å². The molecule has 1 unspecified atom stereocenters. The minimum atomic E-state index is -0.253. The monoisotopic (exact) mass is 587 g/mol. The van der Waals surface area contributed by atoms with Crippen LogP contribution in [0.2, 0.25) is 0 Å². The Hall–Kier alpha value is -1.48.